The summed E-state index contributed by atoms with van der Waals surface area (Å²) in [6.07, 6.45) is 7.24. The second kappa shape index (κ2) is 8.08. The number of pyridine rings is 1. The standard InChI is InChI=1S/C21H25N5O3/c1-14-7-19(15(2)29-14)21(28)24-17-8-18(27)12-26(11-17)20-4-3-16(9-23-20)10-25-6-5-22-13-25/h3-7,9,13,17-18,27H,8,10-12H2,1-2H3,(H,24,28)/t17-,18+/m0/s1. The number of anilines is 1. The molecule has 3 aromatic rings. The molecule has 8 nitrogen and oxygen atoms in total. The average Bonchev–Trinajstić information content (AvgIpc) is 3.31. The van der Waals surface area contributed by atoms with E-state index in [1.54, 1.807) is 25.5 Å². The number of furan rings is 1. The molecule has 4 rings (SSSR count). The van der Waals surface area contributed by atoms with Crippen LogP contribution in [0, 0.1) is 13.8 Å². The van der Waals surface area contributed by atoms with Gasteiger partial charge in [0, 0.05) is 44.3 Å². The molecule has 0 spiro atoms. The summed E-state index contributed by atoms with van der Waals surface area (Å²) < 4.78 is 7.43. The molecule has 0 radical (unpaired) electrons. The van der Waals surface area contributed by atoms with E-state index in [0.29, 0.717) is 43.1 Å². The Labute approximate surface area is 169 Å². The van der Waals surface area contributed by atoms with Gasteiger partial charge in [0.05, 0.1) is 18.0 Å². The highest BCUT2D eigenvalue weighted by Crippen LogP contribution is 2.20. The van der Waals surface area contributed by atoms with E-state index in [9.17, 15) is 9.90 Å². The van der Waals surface area contributed by atoms with E-state index in [1.807, 2.05) is 40.9 Å². The second-order valence-corrected chi connectivity index (χ2v) is 7.55. The highest BCUT2D eigenvalue weighted by atomic mass is 16.3. The number of aryl methyl sites for hydroxylation is 2. The first-order valence-corrected chi connectivity index (χ1v) is 9.69. The summed E-state index contributed by atoms with van der Waals surface area (Å²) in [6, 6.07) is 5.54. The molecule has 152 valence electrons. The number of carbonyl (C=O) groups excluding carboxylic acids is 1. The smallest absolute Gasteiger partial charge is 0.255 e. The van der Waals surface area contributed by atoms with Gasteiger partial charge in [-0.2, -0.15) is 0 Å². The van der Waals surface area contributed by atoms with Gasteiger partial charge in [0.1, 0.15) is 17.3 Å². The van der Waals surface area contributed by atoms with E-state index in [2.05, 4.69) is 15.3 Å². The van der Waals surface area contributed by atoms with Crippen LogP contribution in [0.2, 0.25) is 0 Å². The summed E-state index contributed by atoms with van der Waals surface area (Å²) in [4.78, 5) is 23.2. The monoisotopic (exact) mass is 395 g/mol. The Morgan fingerprint density at radius 1 is 1.34 bits per heavy atom. The number of β-amino-alcohol motifs (C(OH)–C–C–N with tert-alkyl or cyclic N) is 1. The van der Waals surface area contributed by atoms with Gasteiger partial charge >= 0.3 is 0 Å². The summed E-state index contributed by atoms with van der Waals surface area (Å²) >= 11 is 0. The number of hydrogen-bond acceptors (Lipinski definition) is 6. The maximum atomic E-state index is 12.6. The number of aromatic nitrogens is 3. The average molecular weight is 395 g/mol. The molecule has 3 aromatic heterocycles. The summed E-state index contributed by atoms with van der Waals surface area (Å²) in [7, 11) is 0. The van der Waals surface area contributed by atoms with Gasteiger partial charge in [0.2, 0.25) is 0 Å². The zero-order valence-corrected chi connectivity index (χ0v) is 16.6. The third-order valence-corrected chi connectivity index (χ3v) is 5.11. The van der Waals surface area contributed by atoms with Crippen LogP contribution in [0.15, 0.2) is 47.5 Å². The molecule has 0 unspecified atom stereocenters. The fourth-order valence-corrected chi connectivity index (χ4v) is 3.77. The Kier molecular flexibility index (Phi) is 5.35. The molecule has 1 amide bonds. The van der Waals surface area contributed by atoms with Crippen LogP contribution in [0.4, 0.5) is 5.82 Å². The van der Waals surface area contributed by atoms with Crippen LogP contribution in [0.25, 0.3) is 0 Å². The molecular formula is C21H25N5O3. The predicted octanol–water partition coefficient (Wildman–Crippen LogP) is 1.91. The van der Waals surface area contributed by atoms with E-state index >= 15 is 0 Å². The van der Waals surface area contributed by atoms with Crippen molar-refractivity contribution in [3.63, 3.8) is 0 Å². The highest BCUT2D eigenvalue weighted by Gasteiger charge is 2.28. The fraction of sp³-hybridized carbons (Fsp3) is 0.381. The molecule has 1 saturated heterocycles. The molecule has 8 heteroatoms. The van der Waals surface area contributed by atoms with Gasteiger partial charge in [0.25, 0.3) is 5.91 Å². The minimum Gasteiger partial charge on any atom is -0.466 e. The third kappa shape index (κ3) is 4.48. The molecule has 0 saturated carbocycles. The summed E-state index contributed by atoms with van der Waals surface area (Å²) in [5.74, 6) is 1.91. The van der Waals surface area contributed by atoms with E-state index in [-0.39, 0.29) is 11.9 Å². The predicted molar refractivity (Wildman–Crippen MR) is 108 cm³/mol. The van der Waals surface area contributed by atoms with E-state index in [1.165, 1.54) is 0 Å². The Balaban J connectivity index is 1.41. The number of nitrogens with one attached hydrogen (secondary N) is 1. The van der Waals surface area contributed by atoms with Crippen LogP contribution in [0.3, 0.4) is 0 Å². The lowest BCUT2D eigenvalue weighted by Gasteiger charge is -2.36. The number of piperidine rings is 1. The van der Waals surface area contributed by atoms with Crippen molar-refractivity contribution >= 4 is 11.7 Å². The van der Waals surface area contributed by atoms with Crippen molar-refractivity contribution in [1.82, 2.24) is 19.9 Å². The van der Waals surface area contributed by atoms with Crippen LogP contribution in [-0.2, 0) is 6.54 Å². The van der Waals surface area contributed by atoms with Crippen molar-refractivity contribution in [1.29, 1.82) is 0 Å². The molecular weight excluding hydrogens is 370 g/mol. The molecule has 2 atom stereocenters. The van der Waals surface area contributed by atoms with Crippen LogP contribution in [-0.4, -0.2) is 50.8 Å². The molecule has 2 N–H and O–H groups in total. The Morgan fingerprint density at radius 3 is 2.86 bits per heavy atom. The van der Waals surface area contributed by atoms with Crippen LogP contribution in [0.1, 0.15) is 33.9 Å². The molecule has 0 aliphatic carbocycles. The van der Waals surface area contributed by atoms with E-state index in [4.69, 9.17) is 4.42 Å². The molecule has 0 bridgehead atoms. The number of carbonyl (C=O) groups is 1. The zero-order valence-electron chi connectivity index (χ0n) is 16.6. The lowest BCUT2D eigenvalue weighted by molar-refractivity contribution is 0.0893. The van der Waals surface area contributed by atoms with Gasteiger partial charge in [0.15, 0.2) is 0 Å². The number of aliphatic hydroxyl groups excluding tert-OH is 1. The molecule has 29 heavy (non-hydrogen) atoms. The normalized spacial score (nSPS) is 19.3. The number of aliphatic hydroxyl groups is 1. The maximum absolute atomic E-state index is 12.6. The summed E-state index contributed by atoms with van der Waals surface area (Å²) in [6.45, 7) is 5.38. The van der Waals surface area contributed by atoms with Crippen molar-refractivity contribution in [3.05, 3.63) is 65.8 Å². The number of hydrogen-bond donors (Lipinski definition) is 2. The first-order chi connectivity index (χ1) is 14.0. The van der Waals surface area contributed by atoms with E-state index in [0.717, 1.165) is 11.4 Å². The zero-order chi connectivity index (χ0) is 20.4. The van der Waals surface area contributed by atoms with Gasteiger partial charge in [-0.15, -0.1) is 0 Å². The Hall–Kier alpha value is -3.13. The number of rotatable bonds is 5. The van der Waals surface area contributed by atoms with Crippen molar-refractivity contribution < 1.29 is 14.3 Å². The van der Waals surface area contributed by atoms with Crippen molar-refractivity contribution in [2.75, 3.05) is 18.0 Å². The minimum atomic E-state index is -0.534. The number of nitrogens with zero attached hydrogens (tertiary/aromatic N) is 4. The van der Waals surface area contributed by atoms with Gasteiger partial charge in [-0.25, -0.2) is 9.97 Å². The lowest BCUT2D eigenvalue weighted by atomic mass is 10.0. The van der Waals surface area contributed by atoms with Crippen LogP contribution in [0.5, 0.6) is 0 Å². The van der Waals surface area contributed by atoms with Crippen molar-refractivity contribution in [2.24, 2.45) is 0 Å². The van der Waals surface area contributed by atoms with Gasteiger partial charge in [-0.05, 0) is 38.0 Å². The quantitative estimate of drug-likeness (QED) is 0.685. The number of amides is 1. The minimum absolute atomic E-state index is 0.173. The largest absolute Gasteiger partial charge is 0.466 e. The fourth-order valence-electron chi connectivity index (χ4n) is 3.77. The van der Waals surface area contributed by atoms with Crippen LogP contribution >= 0.6 is 0 Å². The van der Waals surface area contributed by atoms with E-state index < -0.39 is 6.10 Å². The maximum Gasteiger partial charge on any atom is 0.255 e. The van der Waals surface area contributed by atoms with Gasteiger partial charge in [-0.3, -0.25) is 4.79 Å². The third-order valence-electron chi connectivity index (χ3n) is 5.11. The van der Waals surface area contributed by atoms with Gasteiger partial charge < -0.3 is 24.3 Å². The van der Waals surface area contributed by atoms with Crippen molar-refractivity contribution in [2.45, 2.75) is 39.0 Å². The molecule has 0 aromatic carbocycles. The first kappa shape index (κ1) is 19.2. The molecule has 4 heterocycles. The van der Waals surface area contributed by atoms with Gasteiger partial charge in [-0.1, -0.05) is 6.07 Å². The van der Waals surface area contributed by atoms with Crippen LogP contribution < -0.4 is 10.2 Å². The molecule has 1 aliphatic heterocycles. The summed E-state index contributed by atoms with van der Waals surface area (Å²) in [5, 5.41) is 13.4. The Morgan fingerprint density at radius 2 is 2.21 bits per heavy atom. The second-order valence-electron chi connectivity index (χ2n) is 7.55. The SMILES string of the molecule is Cc1cc(C(=O)N[C@H]2C[C@@H](O)CN(c3ccc(Cn4ccnc4)cn3)C2)c(C)o1. The number of imidazole rings is 1. The first-order valence-electron chi connectivity index (χ1n) is 9.69. The molecule has 1 fully saturated rings. The summed E-state index contributed by atoms with van der Waals surface area (Å²) in [5.41, 5.74) is 1.61. The Bertz CT molecular complexity index is 965. The molecule has 1 aliphatic rings. The topological polar surface area (TPSA) is 96.4 Å². The highest BCUT2D eigenvalue weighted by molar-refractivity contribution is 5.95. The lowest BCUT2D eigenvalue weighted by Crippen LogP contribution is -2.53. The van der Waals surface area contributed by atoms with Crippen molar-refractivity contribution in [3.8, 4) is 0 Å².